The molecule has 0 unspecified atom stereocenters. The number of benzene rings is 1. The van der Waals surface area contributed by atoms with Crippen molar-refractivity contribution in [3.05, 3.63) is 51.1 Å². The van der Waals surface area contributed by atoms with Crippen molar-refractivity contribution in [3.8, 4) is 5.88 Å². The van der Waals surface area contributed by atoms with Gasteiger partial charge in [-0.25, -0.2) is 9.98 Å². The number of hydrogen-bond donors (Lipinski definition) is 0. The summed E-state index contributed by atoms with van der Waals surface area (Å²) in [7, 11) is 1.99. The van der Waals surface area contributed by atoms with Gasteiger partial charge in [0.2, 0.25) is 5.88 Å². The Bertz CT molecular complexity index is 744. The Kier molecular flexibility index (Phi) is 6.37. The van der Waals surface area contributed by atoms with Gasteiger partial charge in [0.05, 0.1) is 22.2 Å². The van der Waals surface area contributed by atoms with Crippen LogP contribution in [0.2, 0.25) is 0 Å². The molecule has 1 heterocycles. The number of aliphatic imine (C=N–C) groups is 1. The van der Waals surface area contributed by atoms with Gasteiger partial charge < -0.3 is 9.64 Å². The van der Waals surface area contributed by atoms with Crippen molar-refractivity contribution in [1.29, 1.82) is 0 Å². The highest BCUT2D eigenvalue weighted by Gasteiger charge is 2.09. The summed E-state index contributed by atoms with van der Waals surface area (Å²) in [5, 5.41) is 0. The molecule has 0 aliphatic heterocycles. The summed E-state index contributed by atoms with van der Waals surface area (Å²) in [5.41, 5.74) is 5.30. The minimum absolute atomic E-state index is 0.500. The summed E-state index contributed by atoms with van der Waals surface area (Å²) >= 11 is 3.54. The molecule has 0 saturated heterocycles. The van der Waals surface area contributed by atoms with E-state index in [1.165, 1.54) is 16.7 Å². The quantitative estimate of drug-likeness (QED) is 0.517. The molecular weight excluding hydrogens is 366 g/mol. The van der Waals surface area contributed by atoms with Gasteiger partial charge in [0.25, 0.3) is 0 Å². The molecule has 0 fully saturated rings. The molecule has 0 spiro atoms. The normalized spacial score (nSPS) is 11.1. The van der Waals surface area contributed by atoms with Gasteiger partial charge >= 0.3 is 0 Å². The van der Waals surface area contributed by atoms with Gasteiger partial charge in [-0.2, -0.15) is 0 Å². The highest BCUT2D eigenvalue weighted by Crippen LogP contribution is 2.30. The summed E-state index contributed by atoms with van der Waals surface area (Å²) < 4.78 is 6.73. The molecule has 1 aromatic heterocycles. The number of aromatic nitrogens is 1. The Morgan fingerprint density at radius 3 is 2.71 bits per heavy atom. The van der Waals surface area contributed by atoms with Crippen molar-refractivity contribution >= 4 is 28.0 Å². The molecule has 4 nitrogen and oxygen atoms in total. The van der Waals surface area contributed by atoms with Crippen LogP contribution in [0.4, 0.5) is 5.69 Å². The van der Waals surface area contributed by atoms with Gasteiger partial charge in [0.15, 0.2) is 0 Å². The highest BCUT2D eigenvalue weighted by molar-refractivity contribution is 9.10. The number of rotatable bonds is 6. The Morgan fingerprint density at radius 2 is 2.00 bits per heavy atom. The molecule has 0 atom stereocenters. The van der Waals surface area contributed by atoms with E-state index in [0.29, 0.717) is 12.5 Å². The third-order valence-corrected chi connectivity index (χ3v) is 4.44. The standard InChI is InChI=1S/C19H24BrN3O/c1-6-23(5)12-21-18-10-17(20)19(22-15(18)4)24-11-16-9-13(2)7-8-14(16)3/h7-10,12H,6,11H2,1-5H3/b21-12+. The molecule has 0 aliphatic carbocycles. The Labute approximate surface area is 152 Å². The SMILES string of the molecule is CCN(C)/C=N/c1cc(Br)c(OCc2cc(C)ccc2C)nc1C. The van der Waals surface area contributed by atoms with E-state index in [2.05, 4.69) is 64.9 Å². The maximum Gasteiger partial charge on any atom is 0.228 e. The van der Waals surface area contributed by atoms with Crippen LogP contribution >= 0.6 is 15.9 Å². The zero-order valence-corrected chi connectivity index (χ0v) is 16.5. The topological polar surface area (TPSA) is 37.7 Å². The number of aryl methyl sites for hydroxylation is 3. The molecule has 2 aromatic rings. The molecule has 0 radical (unpaired) electrons. The molecule has 5 heteroatoms. The van der Waals surface area contributed by atoms with Crippen LogP contribution in [-0.4, -0.2) is 29.8 Å². The molecule has 0 aliphatic rings. The second-order valence-corrected chi connectivity index (χ2v) is 6.77. The fourth-order valence-corrected chi connectivity index (χ4v) is 2.55. The average Bonchev–Trinajstić information content (AvgIpc) is 2.56. The molecule has 0 amide bonds. The van der Waals surface area contributed by atoms with Gasteiger partial charge in [0, 0.05) is 13.6 Å². The van der Waals surface area contributed by atoms with E-state index < -0.39 is 0 Å². The predicted octanol–water partition coefficient (Wildman–Crippen LogP) is 4.96. The lowest BCUT2D eigenvalue weighted by atomic mass is 10.1. The summed E-state index contributed by atoms with van der Waals surface area (Å²) in [5.74, 6) is 0.594. The summed E-state index contributed by atoms with van der Waals surface area (Å²) in [6, 6.07) is 8.32. The van der Waals surface area contributed by atoms with Crippen molar-refractivity contribution in [1.82, 2.24) is 9.88 Å². The van der Waals surface area contributed by atoms with E-state index in [1.807, 2.05) is 31.3 Å². The van der Waals surface area contributed by atoms with Crippen LogP contribution in [0.1, 0.15) is 29.3 Å². The monoisotopic (exact) mass is 389 g/mol. The molecule has 1 aromatic carbocycles. The number of nitrogens with zero attached hydrogens (tertiary/aromatic N) is 3. The molecule has 128 valence electrons. The van der Waals surface area contributed by atoms with E-state index in [4.69, 9.17) is 4.74 Å². The van der Waals surface area contributed by atoms with Crippen LogP contribution in [0.5, 0.6) is 5.88 Å². The zero-order chi connectivity index (χ0) is 17.7. The highest BCUT2D eigenvalue weighted by atomic mass is 79.9. The largest absolute Gasteiger partial charge is 0.472 e. The lowest BCUT2D eigenvalue weighted by molar-refractivity contribution is 0.290. The van der Waals surface area contributed by atoms with E-state index in [-0.39, 0.29) is 0 Å². The first kappa shape index (κ1) is 18.5. The van der Waals surface area contributed by atoms with Gasteiger partial charge in [-0.1, -0.05) is 23.8 Å². The van der Waals surface area contributed by atoms with Gasteiger partial charge in [-0.15, -0.1) is 0 Å². The van der Waals surface area contributed by atoms with Crippen molar-refractivity contribution in [2.75, 3.05) is 13.6 Å². The molecule has 0 saturated carbocycles. The lowest BCUT2D eigenvalue weighted by Gasteiger charge is -2.12. The first-order valence-electron chi connectivity index (χ1n) is 8.01. The van der Waals surface area contributed by atoms with Crippen LogP contribution in [0, 0.1) is 20.8 Å². The first-order valence-corrected chi connectivity index (χ1v) is 8.80. The van der Waals surface area contributed by atoms with Gasteiger partial charge in [-0.3, -0.25) is 0 Å². The molecular formula is C19H24BrN3O. The second kappa shape index (κ2) is 8.29. The number of halogens is 1. The van der Waals surface area contributed by atoms with E-state index in [1.54, 1.807) is 0 Å². The van der Waals surface area contributed by atoms with Crippen molar-refractivity contribution in [2.45, 2.75) is 34.3 Å². The summed E-state index contributed by atoms with van der Waals surface area (Å²) in [6.07, 6.45) is 1.81. The predicted molar refractivity (Wildman–Crippen MR) is 103 cm³/mol. The van der Waals surface area contributed by atoms with Crippen LogP contribution in [-0.2, 0) is 6.61 Å². The number of pyridine rings is 1. The second-order valence-electron chi connectivity index (χ2n) is 5.92. The van der Waals surface area contributed by atoms with Gasteiger partial charge in [-0.05, 0) is 60.8 Å². The minimum Gasteiger partial charge on any atom is -0.472 e. The average molecular weight is 390 g/mol. The van der Waals surface area contributed by atoms with Gasteiger partial charge in [0.1, 0.15) is 6.61 Å². The fraction of sp³-hybridized carbons (Fsp3) is 0.368. The molecule has 0 bridgehead atoms. The van der Waals surface area contributed by atoms with E-state index in [9.17, 15) is 0 Å². The molecule has 0 N–H and O–H groups in total. The third-order valence-electron chi connectivity index (χ3n) is 3.87. The van der Waals surface area contributed by atoms with E-state index >= 15 is 0 Å². The molecule has 24 heavy (non-hydrogen) atoms. The summed E-state index contributed by atoms with van der Waals surface area (Å²) in [4.78, 5) is 11.0. The van der Waals surface area contributed by atoms with Crippen LogP contribution in [0.15, 0.2) is 33.7 Å². The first-order chi connectivity index (χ1) is 11.4. The van der Waals surface area contributed by atoms with E-state index in [0.717, 1.165) is 22.4 Å². The Morgan fingerprint density at radius 1 is 1.25 bits per heavy atom. The third kappa shape index (κ3) is 4.81. The maximum atomic E-state index is 5.92. The van der Waals surface area contributed by atoms with Crippen LogP contribution < -0.4 is 4.74 Å². The Balaban J connectivity index is 2.15. The van der Waals surface area contributed by atoms with Crippen LogP contribution in [0.25, 0.3) is 0 Å². The summed E-state index contributed by atoms with van der Waals surface area (Å²) in [6.45, 7) is 9.61. The number of hydrogen-bond acceptors (Lipinski definition) is 3. The minimum atomic E-state index is 0.500. The van der Waals surface area contributed by atoms with Crippen molar-refractivity contribution in [3.63, 3.8) is 0 Å². The zero-order valence-electron chi connectivity index (χ0n) is 14.9. The lowest BCUT2D eigenvalue weighted by Crippen LogP contribution is -2.14. The van der Waals surface area contributed by atoms with Crippen molar-refractivity contribution < 1.29 is 4.74 Å². The fourth-order valence-electron chi connectivity index (χ4n) is 2.13. The van der Waals surface area contributed by atoms with Crippen molar-refractivity contribution in [2.24, 2.45) is 4.99 Å². The smallest absolute Gasteiger partial charge is 0.228 e. The Hall–Kier alpha value is -1.88. The number of ether oxygens (including phenoxy) is 1. The molecule has 2 rings (SSSR count). The maximum absolute atomic E-state index is 5.92. The van der Waals surface area contributed by atoms with Crippen LogP contribution in [0.3, 0.4) is 0 Å².